The Balaban J connectivity index is 1.09. The number of nitrogens with zero attached hydrogens (tertiary/aromatic N) is 3. The average molecular weight is 426 g/mol. The normalized spacial score (nSPS) is 24.5. The van der Waals surface area contributed by atoms with Gasteiger partial charge in [-0.25, -0.2) is 9.18 Å². The maximum absolute atomic E-state index is 14.0. The summed E-state index contributed by atoms with van der Waals surface area (Å²) in [6.45, 7) is 2.42. The third-order valence-electron chi connectivity index (χ3n) is 6.99. The Morgan fingerprint density at radius 3 is 2.43 bits per heavy atom. The first kappa shape index (κ1) is 19.6. The van der Waals surface area contributed by atoms with E-state index < -0.39 is 17.6 Å². The second-order valence-corrected chi connectivity index (χ2v) is 9.45. The lowest BCUT2D eigenvalue weighted by molar-refractivity contribution is -0.138. The molecule has 5 rings (SSSR count). The van der Waals surface area contributed by atoms with Crippen molar-refractivity contribution in [3.63, 3.8) is 0 Å². The Labute approximate surface area is 170 Å². The fourth-order valence-corrected chi connectivity index (χ4v) is 5.54. The number of aromatic nitrogens is 1. The van der Waals surface area contributed by atoms with Gasteiger partial charge in [-0.3, -0.25) is 9.78 Å². The molecule has 1 aromatic rings. The molecule has 0 atom stereocenters. The summed E-state index contributed by atoms with van der Waals surface area (Å²) < 4.78 is 51.9. The largest absolute Gasteiger partial charge is 0.417 e. The predicted molar refractivity (Wildman–Crippen MR) is 96.7 cm³/mol. The lowest BCUT2D eigenvalue weighted by Crippen LogP contribution is -2.73. The molecule has 3 amide bonds. The molecule has 0 bridgehead atoms. The molecule has 2 spiro atoms. The first-order chi connectivity index (χ1) is 14.1. The number of likely N-dealkylation sites (tertiary alicyclic amines) is 2. The van der Waals surface area contributed by atoms with Crippen molar-refractivity contribution in [1.29, 1.82) is 0 Å². The average Bonchev–Trinajstić information content (AvgIpc) is 2.96. The SMILES string of the molecule is O=C1CCC2(CN(C(=O)N3CC4(CC(Cc5ncc(C(F)(F)F)cc5F)C4)C3)C2)N1. The molecule has 1 saturated carbocycles. The number of halogens is 4. The zero-order valence-corrected chi connectivity index (χ0v) is 16.3. The van der Waals surface area contributed by atoms with Crippen LogP contribution in [0.4, 0.5) is 22.4 Å². The highest BCUT2D eigenvalue weighted by molar-refractivity contribution is 5.82. The Bertz CT molecular complexity index is 899. The van der Waals surface area contributed by atoms with Gasteiger partial charge >= 0.3 is 12.2 Å². The van der Waals surface area contributed by atoms with Crippen LogP contribution in [0.1, 0.15) is 36.9 Å². The van der Waals surface area contributed by atoms with Gasteiger partial charge in [0.25, 0.3) is 0 Å². The van der Waals surface area contributed by atoms with E-state index in [0.29, 0.717) is 51.3 Å². The van der Waals surface area contributed by atoms with Crippen molar-refractivity contribution in [3.8, 4) is 0 Å². The smallest absolute Gasteiger partial charge is 0.347 e. The third kappa shape index (κ3) is 3.20. The van der Waals surface area contributed by atoms with Gasteiger partial charge in [-0.05, 0) is 37.7 Å². The summed E-state index contributed by atoms with van der Waals surface area (Å²) in [5.41, 5.74) is -1.19. The molecule has 4 aliphatic rings. The molecule has 0 unspecified atom stereocenters. The minimum Gasteiger partial charge on any atom is -0.347 e. The number of rotatable bonds is 2. The molecule has 30 heavy (non-hydrogen) atoms. The van der Waals surface area contributed by atoms with Crippen LogP contribution in [0.2, 0.25) is 0 Å². The Hall–Kier alpha value is -2.39. The van der Waals surface area contributed by atoms with Crippen molar-refractivity contribution in [2.24, 2.45) is 11.3 Å². The van der Waals surface area contributed by atoms with E-state index >= 15 is 0 Å². The van der Waals surface area contributed by atoms with Crippen molar-refractivity contribution in [2.75, 3.05) is 26.2 Å². The highest BCUT2D eigenvalue weighted by Gasteiger charge is 2.56. The van der Waals surface area contributed by atoms with E-state index in [4.69, 9.17) is 0 Å². The van der Waals surface area contributed by atoms with Crippen molar-refractivity contribution >= 4 is 11.9 Å². The number of alkyl halides is 3. The molecular formula is C20H22F4N4O2. The standard InChI is InChI=1S/C20H22F4N4O2/c21-14-4-13(20(22,23)24)7-25-15(14)3-12-5-18(6-12)8-27(9-18)17(30)28-10-19(11-28)2-1-16(29)26-19/h4,7,12H,1-3,5-6,8-11H2,(H,26,29). The number of hydrogen-bond acceptors (Lipinski definition) is 3. The van der Waals surface area contributed by atoms with Crippen molar-refractivity contribution in [2.45, 2.75) is 43.8 Å². The summed E-state index contributed by atoms with van der Waals surface area (Å²) in [6.07, 6.45) is -0.677. The number of amides is 3. The van der Waals surface area contributed by atoms with Crippen LogP contribution in [-0.4, -0.2) is 58.4 Å². The van der Waals surface area contributed by atoms with Gasteiger partial charge in [0.05, 0.1) is 16.8 Å². The summed E-state index contributed by atoms with van der Waals surface area (Å²) in [4.78, 5) is 31.2. The predicted octanol–water partition coefficient (Wildman–Crippen LogP) is 2.58. The second kappa shape index (κ2) is 6.31. The van der Waals surface area contributed by atoms with Crippen LogP contribution in [0.25, 0.3) is 0 Å². The van der Waals surface area contributed by atoms with E-state index in [1.165, 1.54) is 0 Å². The minimum atomic E-state index is -4.60. The molecule has 10 heteroatoms. The number of carbonyl (C=O) groups excluding carboxylic acids is 2. The van der Waals surface area contributed by atoms with E-state index in [1.54, 1.807) is 9.80 Å². The summed E-state index contributed by atoms with van der Waals surface area (Å²) >= 11 is 0. The number of nitrogens with one attached hydrogen (secondary N) is 1. The molecule has 162 valence electrons. The molecule has 6 nitrogen and oxygen atoms in total. The van der Waals surface area contributed by atoms with Crippen LogP contribution in [0, 0.1) is 17.2 Å². The van der Waals surface area contributed by atoms with Crippen LogP contribution < -0.4 is 5.32 Å². The van der Waals surface area contributed by atoms with E-state index in [-0.39, 0.29) is 34.5 Å². The molecule has 0 aromatic carbocycles. The molecule has 4 heterocycles. The fraction of sp³-hybridized carbons (Fsp3) is 0.650. The number of carbonyl (C=O) groups is 2. The van der Waals surface area contributed by atoms with Crippen LogP contribution in [-0.2, 0) is 17.4 Å². The number of urea groups is 1. The summed E-state index contributed by atoms with van der Waals surface area (Å²) in [5, 5.41) is 2.96. The second-order valence-electron chi connectivity index (χ2n) is 9.45. The van der Waals surface area contributed by atoms with Crippen LogP contribution in [0.15, 0.2) is 12.3 Å². The Morgan fingerprint density at radius 1 is 1.20 bits per heavy atom. The maximum Gasteiger partial charge on any atom is 0.417 e. The molecule has 1 aromatic heterocycles. The van der Waals surface area contributed by atoms with Gasteiger partial charge in [0.2, 0.25) is 5.91 Å². The highest BCUT2D eigenvalue weighted by atomic mass is 19.4. The molecule has 1 N–H and O–H groups in total. The first-order valence-electron chi connectivity index (χ1n) is 10.1. The lowest BCUT2D eigenvalue weighted by Gasteiger charge is -2.61. The number of hydrogen-bond donors (Lipinski definition) is 1. The van der Waals surface area contributed by atoms with E-state index in [2.05, 4.69) is 10.3 Å². The fourth-order valence-electron chi connectivity index (χ4n) is 5.54. The van der Waals surface area contributed by atoms with Gasteiger partial charge < -0.3 is 15.1 Å². The monoisotopic (exact) mass is 426 g/mol. The topological polar surface area (TPSA) is 65.5 Å². The van der Waals surface area contributed by atoms with Crippen molar-refractivity contribution in [3.05, 3.63) is 29.3 Å². The summed E-state index contributed by atoms with van der Waals surface area (Å²) in [6, 6.07) is 0.499. The van der Waals surface area contributed by atoms with Gasteiger partial charge in [-0.15, -0.1) is 0 Å². The summed E-state index contributed by atoms with van der Waals surface area (Å²) in [7, 11) is 0. The quantitative estimate of drug-likeness (QED) is 0.740. The van der Waals surface area contributed by atoms with Crippen LogP contribution >= 0.6 is 0 Å². The summed E-state index contributed by atoms with van der Waals surface area (Å²) in [5.74, 6) is -0.701. The van der Waals surface area contributed by atoms with Crippen LogP contribution in [0.3, 0.4) is 0 Å². The molecule has 1 aliphatic carbocycles. The van der Waals surface area contributed by atoms with Crippen molar-refractivity contribution < 1.29 is 27.2 Å². The van der Waals surface area contributed by atoms with Gasteiger partial charge in [-0.1, -0.05) is 0 Å². The Kier molecular flexibility index (Phi) is 4.11. The van der Waals surface area contributed by atoms with Gasteiger partial charge in [0.1, 0.15) is 5.82 Å². The zero-order chi connectivity index (χ0) is 21.3. The Morgan fingerprint density at radius 2 is 1.87 bits per heavy atom. The highest BCUT2D eigenvalue weighted by Crippen LogP contribution is 2.53. The van der Waals surface area contributed by atoms with Gasteiger partial charge in [0, 0.05) is 44.2 Å². The van der Waals surface area contributed by atoms with E-state index in [0.717, 1.165) is 19.3 Å². The molecule has 3 aliphatic heterocycles. The third-order valence-corrected chi connectivity index (χ3v) is 6.99. The lowest BCUT2D eigenvalue weighted by atomic mass is 9.57. The van der Waals surface area contributed by atoms with E-state index in [1.807, 2.05) is 0 Å². The molecule has 4 fully saturated rings. The minimum absolute atomic E-state index is 0.00806. The first-order valence-corrected chi connectivity index (χ1v) is 10.1. The van der Waals surface area contributed by atoms with Crippen molar-refractivity contribution in [1.82, 2.24) is 20.1 Å². The van der Waals surface area contributed by atoms with Crippen LogP contribution in [0.5, 0.6) is 0 Å². The maximum atomic E-state index is 14.0. The zero-order valence-electron chi connectivity index (χ0n) is 16.3. The molecular weight excluding hydrogens is 404 g/mol. The van der Waals surface area contributed by atoms with Gasteiger partial charge in [-0.2, -0.15) is 13.2 Å². The molecule has 0 radical (unpaired) electrons. The molecule has 3 saturated heterocycles. The van der Waals surface area contributed by atoms with E-state index in [9.17, 15) is 27.2 Å². The van der Waals surface area contributed by atoms with Gasteiger partial charge in [0.15, 0.2) is 0 Å². The number of pyridine rings is 1.